The van der Waals surface area contributed by atoms with Crippen molar-refractivity contribution >= 4 is 14.2 Å². The number of benzene rings is 2. The number of methoxy groups -OCH3 is 2. The Hall–Kier alpha value is -2.19. The van der Waals surface area contributed by atoms with Gasteiger partial charge in [0.2, 0.25) is 0 Å². The first-order valence-electron chi connectivity index (χ1n) is 8.26. The van der Waals surface area contributed by atoms with Crippen molar-refractivity contribution in [2.75, 3.05) is 20.4 Å². The molecule has 2 rings (SSSR count). The fourth-order valence-corrected chi connectivity index (χ4v) is 3.42. The monoisotopic (exact) mass is 358 g/mol. The quantitative estimate of drug-likeness (QED) is 0.451. The van der Waals surface area contributed by atoms with Gasteiger partial charge in [0.1, 0.15) is 17.1 Å². The Kier molecular flexibility index (Phi) is 7.62. The third kappa shape index (κ3) is 5.40. The molecule has 0 heterocycles. The maximum Gasteiger partial charge on any atom is 0.170 e. The average Bonchev–Trinajstić information content (AvgIpc) is 2.66. The Labute approximate surface area is 150 Å². The van der Waals surface area contributed by atoms with Crippen LogP contribution >= 0.6 is 8.46 Å². The van der Waals surface area contributed by atoms with Crippen LogP contribution in [0, 0.1) is 5.92 Å². The highest BCUT2D eigenvalue weighted by molar-refractivity contribution is 7.23. The van der Waals surface area contributed by atoms with Gasteiger partial charge in [0.05, 0.1) is 14.2 Å². The molecule has 0 radical (unpaired) electrons. The summed E-state index contributed by atoms with van der Waals surface area (Å²) in [7, 11) is 3.20. The second kappa shape index (κ2) is 9.95. The topological polar surface area (TPSA) is 52.6 Å². The largest absolute Gasteiger partial charge is 0.496 e. The van der Waals surface area contributed by atoms with E-state index in [4.69, 9.17) is 9.47 Å². The van der Waals surface area contributed by atoms with Gasteiger partial charge in [-0.1, -0.05) is 36.4 Å². The number of carbonyl (C=O) groups excluding carboxylic acids is 1. The number of Topliss-reactive ketones (excluding diaryl/α,β-unsaturated/α-hetero) is 1. The van der Waals surface area contributed by atoms with E-state index in [0.717, 1.165) is 6.42 Å². The van der Waals surface area contributed by atoms with Gasteiger partial charge in [0.15, 0.2) is 14.2 Å². The predicted octanol–water partition coefficient (Wildman–Crippen LogP) is 4.82. The van der Waals surface area contributed by atoms with Gasteiger partial charge in [-0.3, -0.25) is 9.36 Å². The third-order valence-corrected chi connectivity index (χ3v) is 4.85. The molecular weight excluding hydrogens is 335 g/mol. The van der Waals surface area contributed by atoms with E-state index in [1.54, 1.807) is 32.4 Å². The molecule has 5 heteroatoms. The summed E-state index contributed by atoms with van der Waals surface area (Å²) < 4.78 is 21.7. The standard InChI is InChI=1S/C20H23O4P/c1-23-18-9-6-10-19(24-2)20(18)17(21)12-11-16(14-25-22)13-15-7-4-3-5-8-15/h3-10,16H,11-14H2,1-2H3. The number of ketones is 1. The van der Waals surface area contributed by atoms with Crippen molar-refractivity contribution in [2.45, 2.75) is 19.3 Å². The average molecular weight is 358 g/mol. The van der Waals surface area contributed by atoms with Crippen molar-refractivity contribution in [1.82, 2.24) is 0 Å². The second-order valence-electron chi connectivity index (χ2n) is 5.87. The lowest BCUT2D eigenvalue weighted by atomic mass is 9.93. The van der Waals surface area contributed by atoms with Crippen LogP contribution in [0.4, 0.5) is 0 Å². The molecule has 0 saturated heterocycles. The maximum atomic E-state index is 12.7. The zero-order valence-electron chi connectivity index (χ0n) is 14.6. The predicted molar refractivity (Wildman–Crippen MR) is 99.2 cm³/mol. The smallest absolute Gasteiger partial charge is 0.170 e. The van der Waals surface area contributed by atoms with E-state index in [9.17, 15) is 9.36 Å². The van der Waals surface area contributed by atoms with Crippen LogP contribution in [0.2, 0.25) is 0 Å². The summed E-state index contributed by atoms with van der Waals surface area (Å²) in [6, 6.07) is 15.4. The van der Waals surface area contributed by atoms with Crippen LogP contribution in [0.1, 0.15) is 28.8 Å². The molecule has 0 aliphatic carbocycles. The van der Waals surface area contributed by atoms with Crippen LogP contribution in [-0.2, 0) is 11.0 Å². The third-order valence-electron chi connectivity index (χ3n) is 4.19. The summed E-state index contributed by atoms with van der Waals surface area (Å²) in [5, 5.41) is 0. The molecule has 4 nitrogen and oxygen atoms in total. The molecule has 0 N–H and O–H groups in total. The highest BCUT2D eigenvalue weighted by atomic mass is 31.1. The minimum Gasteiger partial charge on any atom is -0.496 e. The fraction of sp³-hybridized carbons (Fsp3) is 0.350. The van der Waals surface area contributed by atoms with Crippen LogP contribution in [-0.4, -0.2) is 26.2 Å². The Balaban J connectivity index is 2.07. The molecule has 0 bridgehead atoms. The first-order valence-corrected chi connectivity index (χ1v) is 9.26. The van der Waals surface area contributed by atoms with Crippen molar-refractivity contribution in [3.8, 4) is 11.5 Å². The lowest BCUT2D eigenvalue weighted by molar-refractivity contribution is 0.0968. The van der Waals surface area contributed by atoms with Crippen molar-refractivity contribution in [3.63, 3.8) is 0 Å². The molecule has 0 saturated carbocycles. The SMILES string of the molecule is COc1cccc(OC)c1C(=O)CCC(CP=O)Cc1ccccc1. The highest BCUT2D eigenvalue weighted by Gasteiger charge is 2.20. The summed E-state index contributed by atoms with van der Waals surface area (Å²) in [6.07, 6.45) is 2.39. The summed E-state index contributed by atoms with van der Waals surface area (Å²) in [6.45, 7) is 0. The molecule has 1 unspecified atom stereocenters. The van der Waals surface area contributed by atoms with Gasteiger partial charge < -0.3 is 9.47 Å². The first kappa shape index (κ1) is 19.1. The van der Waals surface area contributed by atoms with Gasteiger partial charge in [-0.25, -0.2) is 0 Å². The van der Waals surface area contributed by atoms with E-state index in [1.807, 2.05) is 18.2 Å². The number of rotatable bonds is 10. The van der Waals surface area contributed by atoms with E-state index >= 15 is 0 Å². The number of hydrogen-bond acceptors (Lipinski definition) is 4. The molecule has 0 fully saturated rings. The van der Waals surface area contributed by atoms with Crippen molar-refractivity contribution in [1.29, 1.82) is 0 Å². The molecule has 2 aromatic rings. The molecule has 0 aromatic heterocycles. The van der Waals surface area contributed by atoms with Gasteiger partial charge in [-0.2, -0.15) is 0 Å². The molecule has 0 aliphatic heterocycles. The van der Waals surface area contributed by atoms with E-state index in [-0.39, 0.29) is 20.2 Å². The van der Waals surface area contributed by atoms with Gasteiger partial charge >= 0.3 is 0 Å². The maximum absolute atomic E-state index is 12.7. The molecule has 132 valence electrons. The Morgan fingerprint density at radius 2 is 1.64 bits per heavy atom. The van der Waals surface area contributed by atoms with Crippen LogP contribution in [0.15, 0.2) is 48.5 Å². The van der Waals surface area contributed by atoms with Crippen LogP contribution < -0.4 is 9.47 Å². The molecule has 0 amide bonds. The number of hydrogen-bond donors (Lipinski definition) is 0. The van der Waals surface area contributed by atoms with Gasteiger partial charge in [0, 0.05) is 12.6 Å². The molecule has 1 atom stereocenters. The minimum absolute atomic E-state index is 0.0186. The van der Waals surface area contributed by atoms with E-state index in [2.05, 4.69) is 12.1 Å². The number of ether oxygens (including phenoxy) is 2. The Bertz CT molecular complexity index is 678. The van der Waals surface area contributed by atoms with Gasteiger partial charge in [0.25, 0.3) is 0 Å². The first-order chi connectivity index (χ1) is 12.2. The van der Waals surface area contributed by atoms with Gasteiger partial charge in [-0.15, -0.1) is 0 Å². The fourth-order valence-electron chi connectivity index (χ4n) is 2.90. The van der Waals surface area contributed by atoms with Crippen molar-refractivity contribution in [2.24, 2.45) is 5.92 Å². The Morgan fingerprint density at radius 3 is 2.20 bits per heavy atom. The lowest BCUT2D eigenvalue weighted by Crippen LogP contribution is -2.11. The van der Waals surface area contributed by atoms with Crippen LogP contribution in [0.25, 0.3) is 0 Å². The molecule has 2 aromatic carbocycles. The Morgan fingerprint density at radius 1 is 1.00 bits per heavy atom. The molecule has 0 spiro atoms. The van der Waals surface area contributed by atoms with E-state index in [0.29, 0.717) is 36.1 Å². The minimum atomic E-state index is -0.0186. The summed E-state index contributed by atoms with van der Waals surface area (Å²) in [5.74, 6) is 1.21. The van der Waals surface area contributed by atoms with Crippen LogP contribution in [0.5, 0.6) is 11.5 Å². The van der Waals surface area contributed by atoms with Gasteiger partial charge in [-0.05, 0) is 36.5 Å². The zero-order valence-corrected chi connectivity index (χ0v) is 15.5. The summed E-state index contributed by atoms with van der Waals surface area (Å²) in [4.78, 5) is 12.7. The summed E-state index contributed by atoms with van der Waals surface area (Å²) >= 11 is 0. The van der Waals surface area contributed by atoms with E-state index < -0.39 is 0 Å². The molecule has 25 heavy (non-hydrogen) atoms. The molecule has 0 aliphatic rings. The highest BCUT2D eigenvalue weighted by Crippen LogP contribution is 2.30. The molecular formula is C20H23O4P. The van der Waals surface area contributed by atoms with Crippen molar-refractivity contribution < 1.29 is 18.8 Å². The lowest BCUT2D eigenvalue weighted by Gasteiger charge is -2.15. The van der Waals surface area contributed by atoms with E-state index in [1.165, 1.54) is 5.56 Å². The second-order valence-corrected chi connectivity index (χ2v) is 6.49. The summed E-state index contributed by atoms with van der Waals surface area (Å²) in [5.41, 5.74) is 1.67. The van der Waals surface area contributed by atoms with Crippen LogP contribution in [0.3, 0.4) is 0 Å². The van der Waals surface area contributed by atoms with Crippen molar-refractivity contribution in [3.05, 3.63) is 59.7 Å². The zero-order chi connectivity index (χ0) is 18.1. The normalized spacial score (nSPS) is 11.9. The number of carbonyl (C=O) groups is 1.